The van der Waals surface area contributed by atoms with Crippen LogP contribution in [0.4, 0.5) is 0 Å². The summed E-state index contributed by atoms with van der Waals surface area (Å²) < 4.78 is 0. The van der Waals surface area contributed by atoms with Crippen LogP contribution in [0.1, 0.15) is 19.3 Å². The van der Waals surface area contributed by atoms with Crippen LogP contribution in [0.3, 0.4) is 0 Å². The molecule has 2 aliphatic heterocycles. The fourth-order valence-corrected chi connectivity index (χ4v) is 1.78. The van der Waals surface area contributed by atoms with Crippen molar-refractivity contribution in [2.45, 2.75) is 19.3 Å². The number of carbonyl (C=O) groups is 1. The molecule has 2 rings (SSSR count). The maximum Gasteiger partial charge on any atom is 0.222 e. The molecule has 0 radical (unpaired) electrons. The minimum Gasteiger partial charge on any atom is -0.342 e. The van der Waals surface area contributed by atoms with Crippen molar-refractivity contribution in [3.8, 4) is 0 Å². The quantitative estimate of drug-likeness (QED) is 0.465. The third-order valence-corrected chi connectivity index (χ3v) is 2.41. The minimum atomic E-state index is 0.378. The maximum absolute atomic E-state index is 11.0. The molecule has 2 heterocycles. The van der Waals surface area contributed by atoms with Crippen molar-refractivity contribution in [3.63, 3.8) is 0 Å². The average Bonchev–Trinajstić information content (AvgIpc) is 2.25. The van der Waals surface area contributed by atoms with Crippen LogP contribution in [0.15, 0.2) is 0 Å². The van der Waals surface area contributed by atoms with Crippen LogP contribution >= 0.6 is 0 Å². The Kier molecular flexibility index (Phi) is 1.01. The van der Waals surface area contributed by atoms with Gasteiger partial charge in [0.2, 0.25) is 5.91 Å². The molecule has 2 aliphatic rings. The number of hydrogen-bond donors (Lipinski definition) is 0. The summed E-state index contributed by atoms with van der Waals surface area (Å²) in [6, 6.07) is 0. The molecule has 2 bridgehead atoms. The van der Waals surface area contributed by atoms with Crippen molar-refractivity contribution in [1.82, 2.24) is 4.90 Å². The predicted octanol–water partition coefficient (Wildman–Crippen LogP) is 0.629. The molecular formula is C7H11NO. The molecule has 2 heteroatoms. The van der Waals surface area contributed by atoms with Crippen molar-refractivity contribution in [2.75, 3.05) is 13.1 Å². The average molecular weight is 125 g/mol. The Bertz CT molecular complexity index is 144. The molecule has 0 saturated carbocycles. The lowest BCUT2D eigenvalue weighted by Crippen LogP contribution is -2.31. The van der Waals surface area contributed by atoms with Gasteiger partial charge in [-0.25, -0.2) is 0 Å². The van der Waals surface area contributed by atoms with Gasteiger partial charge in [-0.3, -0.25) is 4.79 Å². The molecule has 0 aromatic rings. The number of amides is 1. The third kappa shape index (κ3) is 0.732. The molecule has 0 unspecified atom stereocenters. The molecule has 0 aromatic carbocycles. The van der Waals surface area contributed by atoms with Crippen molar-refractivity contribution < 1.29 is 4.79 Å². The molecule has 9 heavy (non-hydrogen) atoms. The number of piperidine rings is 1. The lowest BCUT2D eigenvalue weighted by atomic mass is 10.0. The lowest BCUT2D eigenvalue weighted by Gasteiger charge is -2.21. The Hall–Kier alpha value is -0.530. The van der Waals surface area contributed by atoms with E-state index in [0.717, 1.165) is 31.8 Å². The number of nitrogens with zero attached hydrogens (tertiary/aromatic N) is 1. The molecule has 0 spiro atoms. The molecule has 1 atom stereocenters. The highest BCUT2D eigenvalue weighted by Crippen LogP contribution is 2.26. The second-order valence-corrected chi connectivity index (χ2v) is 3.03. The van der Waals surface area contributed by atoms with E-state index in [1.54, 1.807) is 0 Å². The normalized spacial score (nSPS) is 33.6. The second kappa shape index (κ2) is 1.72. The monoisotopic (exact) mass is 125 g/mol. The summed E-state index contributed by atoms with van der Waals surface area (Å²) in [4.78, 5) is 13.0. The number of rotatable bonds is 0. The maximum atomic E-state index is 11.0. The van der Waals surface area contributed by atoms with Gasteiger partial charge in [-0.1, -0.05) is 0 Å². The highest BCUT2D eigenvalue weighted by molar-refractivity contribution is 5.77. The number of carbonyl (C=O) groups excluding carboxylic acids is 1. The van der Waals surface area contributed by atoms with E-state index in [9.17, 15) is 4.79 Å². The van der Waals surface area contributed by atoms with Crippen LogP contribution in [0.25, 0.3) is 0 Å². The van der Waals surface area contributed by atoms with Gasteiger partial charge < -0.3 is 4.90 Å². The molecule has 1 amide bonds. The Labute approximate surface area is 54.8 Å². The van der Waals surface area contributed by atoms with Crippen LogP contribution in [-0.4, -0.2) is 23.9 Å². The van der Waals surface area contributed by atoms with E-state index in [1.807, 2.05) is 4.90 Å². The van der Waals surface area contributed by atoms with Crippen molar-refractivity contribution in [1.29, 1.82) is 0 Å². The summed E-state index contributed by atoms with van der Waals surface area (Å²) in [5.74, 6) is 1.23. The highest BCUT2D eigenvalue weighted by Gasteiger charge is 2.30. The number of hydrogen-bond acceptors (Lipinski definition) is 1. The first-order chi connectivity index (χ1) is 4.36. The first kappa shape index (κ1) is 5.27. The van der Waals surface area contributed by atoms with Gasteiger partial charge in [-0.15, -0.1) is 0 Å². The molecular weight excluding hydrogens is 114 g/mol. The van der Waals surface area contributed by atoms with Crippen LogP contribution in [0.5, 0.6) is 0 Å². The van der Waals surface area contributed by atoms with Crippen LogP contribution in [0, 0.1) is 5.92 Å². The summed E-state index contributed by atoms with van der Waals surface area (Å²) in [5.41, 5.74) is 0. The first-order valence-corrected chi connectivity index (χ1v) is 3.64. The Morgan fingerprint density at radius 2 is 2.33 bits per heavy atom. The molecule has 0 aliphatic carbocycles. The topological polar surface area (TPSA) is 20.3 Å². The zero-order valence-electron chi connectivity index (χ0n) is 5.47. The van der Waals surface area contributed by atoms with Gasteiger partial charge in [-0.2, -0.15) is 0 Å². The molecule has 50 valence electrons. The molecule has 0 aromatic heterocycles. The van der Waals surface area contributed by atoms with Crippen molar-refractivity contribution in [3.05, 3.63) is 0 Å². The Morgan fingerprint density at radius 1 is 1.44 bits per heavy atom. The molecule has 2 fully saturated rings. The highest BCUT2D eigenvalue weighted by atomic mass is 16.2. The van der Waals surface area contributed by atoms with Gasteiger partial charge in [0.05, 0.1) is 0 Å². The lowest BCUT2D eigenvalue weighted by molar-refractivity contribution is -0.131. The van der Waals surface area contributed by atoms with E-state index in [-0.39, 0.29) is 0 Å². The van der Waals surface area contributed by atoms with E-state index in [1.165, 1.54) is 6.42 Å². The van der Waals surface area contributed by atoms with Gasteiger partial charge >= 0.3 is 0 Å². The van der Waals surface area contributed by atoms with Gasteiger partial charge in [-0.05, 0) is 18.8 Å². The van der Waals surface area contributed by atoms with Crippen molar-refractivity contribution >= 4 is 5.91 Å². The van der Waals surface area contributed by atoms with E-state index in [4.69, 9.17) is 0 Å². The largest absolute Gasteiger partial charge is 0.342 e. The van der Waals surface area contributed by atoms with Crippen molar-refractivity contribution in [2.24, 2.45) is 5.92 Å². The zero-order chi connectivity index (χ0) is 6.27. The zero-order valence-corrected chi connectivity index (χ0v) is 5.47. The molecule has 2 saturated heterocycles. The SMILES string of the molecule is O=C1CC[C@H]2CCN1C2. The molecule has 0 N–H and O–H groups in total. The second-order valence-electron chi connectivity index (χ2n) is 3.03. The molecule has 2 nitrogen and oxygen atoms in total. The van der Waals surface area contributed by atoms with E-state index >= 15 is 0 Å². The van der Waals surface area contributed by atoms with Gasteiger partial charge in [0.25, 0.3) is 0 Å². The predicted molar refractivity (Wildman–Crippen MR) is 33.9 cm³/mol. The van der Waals surface area contributed by atoms with Gasteiger partial charge in [0, 0.05) is 19.5 Å². The fraction of sp³-hybridized carbons (Fsp3) is 0.857. The van der Waals surface area contributed by atoms with E-state index in [0.29, 0.717) is 5.91 Å². The Morgan fingerprint density at radius 3 is 3.11 bits per heavy atom. The van der Waals surface area contributed by atoms with Gasteiger partial charge in [0.1, 0.15) is 0 Å². The summed E-state index contributed by atoms with van der Waals surface area (Å²) in [7, 11) is 0. The third-order valence-electron chi connectivity index (χ3n) is 2.41. The summed E-state index contributed by atoms with van der Waals surface area (Å²) in [5, 5.41) is 0. The minimum absolute atomic E-state index is 0.378. The fourth-order valence-electron chi connectivity index (χ4n) is 1.78. The van der Waals surface area contributed by atoms with Crippen LogP contribution in [0.2, 0.25) is 0 Å². The standard InChI is InChI=1S/C7H11NO/c9-7-2-1-6-3-4-8(7)5-6/h6H,1-5H2/t6-/m0/s1. The van der Waals surface area contributed by atoms with E-state index in [2.05, 4.69) is 0 Å². The summed E-state index contributed by atoms with van der Waals surface area (Å²) in [6.07, 6.45) is 3.21. The van der Waals surface area contributed by atoms with Gasteiger partial charge in [0.15, 0.2) is 0 Å². The summed E-state index contributed by atoms with van der Waals surface area (Å²) in [6.45, 7) is 2.09. The van der Waals surface area contributed by atoms with E-state index < -0.39 is 0 Å². The van der Waals surface area contributed by atoms with Crippen LogP contribution < -0.4 is 0 Å². The van der Waals surface area contributed by atoms with Crippen LogP contribution in [-0.2, 0) is 4.79 Å². The first-order valence-electron chi connectivity index (χ1n) is 3.64. The Balaban J connectivity index is 2.14. The smallest absolute Gasteiger partial charge is 0.222 e. The number of fused-ring (bicyclic) bond motifs is 2. The summed E-state index contributed by atoms with van der Waals surface area (Å²) >= 11 is 0.